The van der Waals surface area contributed by atoms with E-state index in [2.05, 4.69) is 10.0 Å². The molecule has 8 nitrogen and oxygen atoms in total. The van der Waals surface area contributed by atoms with E-state index in [0.29, 0.717) is 12.2 Å². The van der Waals surface area contributed by atoms with Crippen LogP contribution in [0.1, 0.15) is 45.7 Å². The smallest absolute Gasteiger partial charge is 0.338 e. The molecular formula is C25H28N2O6S. The highest BCUT2D eigenvalue weighted by atomic mass is 32.2. The molecule has 34 heavy (non-hydrogen) atoms. The summed E-state index contributed by atoms with van der Waals surface area (Å²) in [5.41, 5.74) is 4.16. The number of aryl methyl sites for hydroxylation is 3. The number of amides is 1. The number of carbonyl (C=O) groups excluding carboxylic acids is 2. The van der Waals surface area contributed by atoms with Crippen molar-refractivity contribution in [3.8, 4) is 0 Å². The number of rotatable bonds is 10. The van der Waals surface area contributed by atoms with Crippen LogP contribution in [0.5, 0.6) is 0 Å². The van der Waals surface area contributed by atoms with Gasteiger partial charge in [0.25, 0.3) is 0 Å². The summed E-state index contributed by atoms with van der Waals surface area (Å²) in [5.74, 6) is -0.248. The molecule has 2 N–H and O–H groups in total. The van der Waals surface area contributed by atoms with Crippen LogP contribution in [0.4, 0.5) is 5.69 Å². The first-order chi connectivity index (χ1) is 16.2. The van der Waals surface area contributed by atoms with Gasteiger partial charge in [-0.1, -0.05) is 17.7 Å². The van der Waals surface area contributed by atoms with Crippen molar-refractivity contribution in [1.29, 1.82) is 0 Å². The first kappa shape index (κ1) is 25.2. The minimum absolute atomic E-state index is 0.0222. The van der Waals surface area contributed by atoms with Crippen LogP contribution in [0.25, 0.3) is 0 Å². The Kier molecular flexibility index (Phi) is 8.25. The van der Waals surface area contributed by atoms with Crippen LogP contribution in [0.15, 0.2) is 64.1 Å². The van der Waals surface area contributed by atoms with Gasteiger partial charge in [0.2, 0.25) is 15.9 Å². The van der Waals surface area contributed by atoms with Crippen LogP contribution in [-0.2, 0) is 26.1 Å². The number of furan rings is 1. The predicted molar refractivity (Wildman–Crippen MR) is 128 cm³/mol. The summed E-state index contributed by atoms with van der Waals surface area (Å²) >= 11 is 0. The molecule has 1 amide bonds. The average molecular weight is 485 g/mol. The second-order valence-electron chi connectivity index (χ2n) is 7.99. The van der Waals surface area contributed by atoms with E-state index in [1.807, 2.05) is 32.9 Å². The minimum atomic E-state index is -3.75. The number of hydrogen-bond donors (Lipinski definition) is 2. The van der Waals surface area contributed by atoms with Gasteiger partial charge in [0.15, 0.2) is 0 Å². The molecule has 180 valence electrons. The Balaban J connectivity index is 1.44. The zero-order valence-electron chi connectivity index (χ0n) is 19.4. The quantitative estimate of drug-likeness (QED) is 0.328. The number of anilines is 1. The van der Waals surface area contributed by atoms with Gasteiger partial charge in [0, 0.05) is 12.1 Å². The lowest BCUT2D eigenvalue weighted by molar-refractivity contribution is -0.116. The van der Waals surface area contributed by atoms with Crippen LogP contribution in [0, 0.1) is 20.8 Å². The molecule has 0 saturated heterocycles. The van der Waals surface area contributed by atoms with E-state index in [0.717, 1.165) is 22.4 Å². The Hall–Kier alpha value is -3.43. The molecule has 0 radical (unpaired) electrons. The second kappa shape index (κ2) is 11.1. The second-order valence-corrected chi connectivity index (χ2v) is 9.76. The van der Waals surface area contributed by atoms with Crippen LogP contribution >= 0.6 is 0 Å². The molecule has 0 fully saturated rings. The zero-order valence-corrected chi connectivity index (χ0v) is 20.2. The van der Waals surface area contributed by atoms with Crippen molar-refractivity contribution in [3.63, 3.8) is 0 Å². The number of sulfonamides is 1. The number of nitrogens with one attached hydrogen (secondary N) is 2. The van der Waals surface area contributed by atoms with E-state index < -0.39 is 16.0 Å². The average Bonchev–Trinajstić information content (AvgIpc) is 3.31. The van der Waals surface area contributed by atoms with E-state index in [1.165, 1.54) is 30.5 Å². The van der Waals surface area contributed by atoms with Gasteiger partial charge >= 0.3 is 5.97 Å². The van der Waals surface area contributed by atoms with Gasteiger partial charge in [-0.25, -0.2) is 17.9 Å². The molecule has 3 aromatic rings. The van der Waals surface area contributed by atoms with Gasteiger partial charge in [-0.05, 0) is 74.7 Å². The van der Waals surface area contributed by atoms with E-state index >= 15 is 0 Å². The van der Waals surface area contributed by atoms with Gasteiger partial charge in [-0.2, -0.15) is 0 Å². The number of esters is 1. The number of hydrogen-bond acceptors (Lipinski definition) is 6. The molecule has 0 bridgehead atoms. The molecule has 0 aliphatic heterocycles. The van der Waals surface area contributed by atoms with Crippen molar-refractivity contribution < 1.29 is 27.2 Å². The summed E-state index contributed by atoms with van der Waals surface area (Å²) in [4.78, 5) is 24.5. The highest BCUT2D eigenvalue weighted by Gasteiger charge is 2.16. The molecule has 3 rings (SSSR count). The molecule has 0 saturated carbocycles. The lowest BCUT2D eigenvalue weighted by Gasteiger charge is -2.13. The van der Waals surface area contributed by atoms with Crippen LogP contribution in [0.3, 0.4) is 0 Å². The maximum atomic E-state index is 12.4. The van der Waals surface area contributed by atoms with Gasteiger partial charge in [-0.15, -0.1) is 0 Å². The van der Waals surface area contributed by atoms with Crippen molar-refractivity contribution in [2.45, 2.75) is 45.1 Å². The number of carbonyl (C=O) groups is 2. The molecular weight excluding hydrogens is 456 g/mol. The summed E-state index contributed by atoms with van der Waals surface area (Å²) in [6, 6.07) is 12.8. The van der Waals surface area contributed by atoms with Crippen LogP contribution in [-0.4, -0.2) is 26.9 Å². The lowest BCUT2D eigenvalue weighted by Crippen LogP contribution is -2.23. The Bertz CT molecular complexity index is 1230. The maximum absolute atomic E-state index is 12.4. The van der Waals surface area contributed by atoms with Crippen molar-refractivity contribution in [2.24, 2.45) is 0 Å². The molecule has 1 heterocycles. The molecule has 1 aromatic heterocycles. The van der Waals surface area contributed by atoms with Crippen LogP contribution < -0.4 is 10.0 Å². The third-order valence-electron chi connectivity index (χ3n) is 5.14. The van der Waals surface area contributed by atoms with E-state index in [4.69, 9.17) is 9.15 Å². The standard InChI is InChI=1S/C25H28N2O6S/c1-17-14-18(2)24(19(3)15-17)27-23(28)7-5-13-33-25(29)20-8-10-22(11-9-20)34(30,31)26-16-21-6-4-12-32-21/h4,6,8-12,14-15,26H,5,7,13,16H2,1-3H3,(H,27,28). The summed E-state index contributed by atoms with van der Waals surface area (Å²) in [6.45, 7) is 6.00. The highest BCUT2D eigenvalue weighted by Crippen LogP contribution is 2.22. The summed E-state index contributed by atoms with van der Waals surface area (Å²) in [7, 11) is -3.75. The molecule has 9 heteroatoms. The Morgan fingerprint density at radius 3 is 2.29 bits per heavy atom. The summed E-state index contributed by atoms with van der Waals surface area (Å²) in [5, 5.41) is 2.92. The zero-order chi connectivity index (χ0) is 24.7. The molecule has 0 atom stereocenters. The van der Waals surface area contributed by atoms with Crippen LogP contribution in [0.2, 0.25) is 0 Å². The predicted octanol–water partition coefficient (Wildman–Crippen LogP) is 4.26. The van der Waals surface area contributed by atoms with Crippen molar-refractivity contribution in [1.82, 2.24) is 4.72 Å². The topological polar surface area (TPSA) is 115 Å². The molecule has 2 aromatic carbocycles. The largest absolute Gasteiger partial charge is 0.468 e. The molecule has 0 unspecified atom stereocenters. The monoisotopic (exact) mass is 484 g/mol. The molecule has 0 aliphatic carbocycles. The maximum Gasteiger partial charge on any atom is 0.338 e. The van der Waals surface area contributed by atoms with Gasteiger partial charge < -0.3 is 14.5 Å². The number of benzene rings is 2. The Morgan fingerprint density at radius 2 is 1.68 bits per heavy atom. The third kappa shape index (κ3) is 6.79. The normalized spacial score (nSPS) is 11.3. The first-order valence-electron chi connectivity index (χ1n) is 10.8. The van der Waals surface area contributed by atoms with Crippen molar-refractivity contribution in [2.75, 3.05) is 11.9 Å². The summed E-state index contributed by atoms with van der Waals surface area (Å²) in [6.07, 6.45) is 2.03. The Morgan fingerprint density at radius 1 is 1.00 bits per heavy atom. The van der Waals surface area contributed by atoms with Crippen molar-refractivity contribution >= 4 is 27.6 Å². The fraction of sp³-hybridized carbons (Fsp3) is 0.280. The van der Waals surface area contributed by atoms with E-state index in [1.54, 1.807) is 12.1 Å². The SMILES string of the molecule is Cc1cc(C)c(NC(=O)CCCOC(=O)c2ccc(S(=O)(=O)NCc3ccco3)cc2)c(C)c1. The third-order valence-corrected chi connectivity index (χ3v) is 6.56. The highest BCUT2D eigenvalue weighted by molar-refractivity contribution is 7.89. The van der Waals surface area contributed by atoms with Gasteiger partial charge in [-0.3, -0.25) is 4.79 Å². The molecule has 0 spiro atoms. The Labute approximate surface area is 199 Å². The van der Waals surface area contributed by atoms with Crippen molar-refractivity contribution in [3.05, 3.63) is 82.8 Å². The minimum Gasteiger partial charge on any atom is -0.468 e. The summed E-state index contributed by atoms with van der Waals surface area (Å²) < 4.78 is 37.5. The lowest BCUT2D eigenvalue weighted by atomic mass is 10.0. The van der Waals surface area contributed by atoms with E-state index in [-0.39, 0.29) is 35.9 Å². The van der Waals surface area contributed by atoms with E-state index in [9.17, 15) is 18.0 Å². The fourth-order valence-electron chi connectivity index (χ4n) is 3.49. The molecule has 0 aliphatic rings. The fourth-order valence-corrected chi connectivity index (χ4v) is 4.49. The van der Waals surface area contributed by atoms with Gasteiger partial charge in [0.05, 0.1) is 29.9 Å². The van der Waals surface area contributed by atoms with Gasteiger partial charge in [0.1, 0.15) is 5.76 Å². The number of ether oxygens (including phenoxy) is 1. The first-order valence-corrected chi connectivity index (χ1v) is 12.3.